The number of oxazole rings is 1. The molecule has 3 aromatic rings. The number of ether oxygens (including phenoxy) is 2. The first kappa shape index (κ1) is 20.7. The average Bonchev–Trinajstić information content (AvgIpc) is 3.07. The van der Waals surface area contributed by atoms with Crippen LogP contribution in [0.1, 0.15) is 41.1 Å². The fourth-order valence-corrected chi connectivity index (χ4v) is 3.67. The molecule has 0 unspecified atom stereocenters. The minimum absolute atomic E-state index is 0.135. The van der Waals surface area contributed by atoms with E-state index in [1.807, 2.05) is 18.2 Å². The lowest BCUT2D eigenvalue weighted by Crippen LogP contribution is -2.45. The van der Waals surface area contributed by atoms with Crippen LogP contribution in [0.4, 0.5) is 0 Å². The number of hydrogen-bond donors (Lipinski definition) is 2. The molecule has 1 aliphatic rings. The van der Waals surface area contributed by atoms with Gasteiger partial charge < -0.3 is 24.5 Å². The van der Waals surface area contributed by atoms with Gasteiger partial charge in [-0.15, -0.1) is 0 Å². The van der Waals surface area contributed by atoms with Crippen molar-refractivity contribution in [3.63, 3.8) is 0 Å². The van der Waals surface area contributed by atoms with Crippen molar-refractivity contribution < 1.29 is 23.5 Å². The van der Waals surface area contributed by atoms with Gasteiger partial charge >= 0.3 is 0 Å². The summed E-state index contributed by atoms with van der Waals surface area (Å²) in [5.41, 5.74) is 2.58. The summed E-state index contributed by atoms with van der Waals surface area (Å²) in [6.07, 6.45) is 2.92. The Bertz CT molecular complexity index is 1110. The summed E-state index contributed by atoms with van der Waals surface area (Å²) in [5, 5.41) is 5.64. The molecule has 0 aliphatic carbocycles. The van der Waals surface area contributed by atoms with E-state index in [4.69, 9.17) is 13.9 Å². The topological polar surface area (TPSA) is 103 Å². The van der Waals surface area contributed by atoms with Crippen LogP contribution >= 0.6 is 0 Å². The molecule has 0 radical (unpaired) electrons. The zero-order chi connectivity index (χ0) is 21.8. The maximum Gasteiger partial charge on any atom is 0.252 e. The van der Waals surface area contributed by atoms with Crippen molar-refractivity contribution in [3.05, 3.63) is 53.4 Å². The van der Waals surface area contributed by atoms with Gasteiger partial charge in [-0.3, -0.25) is 9.59 Å². The number of carbonyl (C=O) groups is 2. The molecule has 2 N–H and O–H groups in total. The predicted molar refractivity (Wildman–Crippen MR) is 114 cm³/mol. The molecule has 0 saturated carbocycles. The summed E-state index contributed by atoms with van der Waals surface area (Å²) >= 11 is 0. The highest BCUT2D eigenvalue weighted by atomic mass is 16.5. The molecule has 2 aromatic carbocycles. The summed E-state index contributed by atoms with van der Waals surface area (Å²) in [6, 6.07) is 10.2. The quantitative estimate of drug-likeness (QED) is 0.632. The number of rotatable bonds is 6. The average molecular weight is 423 g/mol. The molecule has 0 spiro atoms. The van der Waals surface area contributed by atoms with Gasteiger partial charge in [0.05, 0.1) is 14.2 Å². The van der Waals surface area contributed by atoms with Crippen LogP contribution in [0.3, 0.4) is 0 Å². The summed E-state index contributed by atoms with van der Waals surface area (Å²) in [7, 11) is 3.18. The number of hydrogen-bond acceptors (Lipinski definition) is 6. The third kappa shape index (κ3) is 4.63. The largest absolute Gasteiger partial charge is 0.493 e. The Morgan fingerprint density at radius 1 is 1.16 bits per heavy atom. The molecule has 4 rings (SSSR count). The highest BCUT2D eigenvalue weighted by Gasteiger charge is 2.23. The molecule has 2 amide bonds. The van der Waals surface area contributed by atoms with E-state index in [0.717, 1.165) is 18.4 Å². The smallest absolute Gasteiger partial charge is 0.252 e. The number of nitrogens with zero attached hydrogens (tertiary/aromatic N) is 1. The zero-order valence-electron chi connectivity index (χ0n) is 17.6. The summed E-state index contributed by atoms with van der Waals surface area (Å²) < 4.78 is 16.5. The van der Waals surface area contributed by atoms with Crippen LogP contribution in [0.2, 0.25) is 0 Å². The van der Waals surface area contributed by atoms with Crippen molar-refractivity contribution in [3.8, 4) is 11.5 Å². The van der Waals surface area contributed by atoms with Gasteiger partial charge in [0.1, 0.15) is 11.6 Å². The van der Waals surface area contributed by atoms with E-state index < -0.39 is 6.04 Å². The molecule has 0 bridgehead atoms. The molecular weight excluding hydrogens is 398 g/mol. The van der Waals surface area contributed by atoms with E-state index in [0.29, 0.717) is 53.4 Å². The number of aromatic nitrogens is 1. The lowest BCUT2D eigenvalue weighted by atomic mass is 10.1. The number of amides is 2. The molecule has 1 fully saturated rings. The Hall–Kier alpha value is -3.55. The fourth-order valence-electron chi connectivity index (χ4n) is 3.67. The van der Waals surface area contributed by atoms with E-state index in [1.54, 1.807) is 32.4 Å². The van der Waals surface area contributed by atoms with Crippen molar-refractivity contribution in [2.45, 2.75) is 31.7 Å². The lowest BCUT2D eigenvalue weighted by Gasteiger charge is -2.15. The van der Waals surface area contributed by atoms with Crippen molar-refractivity contribution in [1.29, 1.82) is 0 Å². The van der Waals surface area contributed by atoms with Gasteiger partial charge in [-0.2, -0.15) is 0 Å². The van der Waals surface area contributed by atoms with Crippen LogP contribution in [-0.2, 0) is 11.2 Å². The van der Waals surface area contributed by atoms with E-state index >= 15 is 0 Å². The monoisotopic (exact) mass is 423 g/mol. The van der Waals surface area contributed by atoms with Crippen LogP contribution in [0.25, 0.3) is 11.1 Å². The second-order valence-corrected chi connectivity index (χ2v) is 7.47. The molecule has 2 heterocycles. The Balaban J connectivity index is 1.50. The van der Waals surface area contributed by atoms with E-state index in [1.165, 1.54) is 0 Å². The third-order valence-corrected chi connectivity index (χ3v) is 5.34. The molecule has 162 valence electrons. The van der Waals surface area contributed by atoms with Crippen molar-refractivity contribution in [2.75, 3.05) is 20.8 Å². The predicted octanol–water partition coefficient (Wildman–Crippen LogP) is 2.83. The number of carbonyl (C=O) groups excluding carboxylic acids is 2. The van der Waals surface area contributed by atoms with Crippen LogP contribution in [-0.4, -0.2) is 43.6 Å². The van der Waals surface area contributed by atoms with E-state index in [-0.39, 0.29) is 11.8 Å². The Morgan fingerprint density at radius 3 is 2.81 bits per heavy atom. The van der Waals surface area contributed by atoms with Crippen molar-refractivity contribution >= 4 is 22.9 Å². The minimum atomic E-state index is -0.513. The van der Waals surface area contributed by atoms with Crippen molar-refractivity contribution in [1.82, 2.24) is 15.6 Å². The van der Waals surface area contributed by atoms with Gasteiger partial charge in [0.2, 0.25) is 5.91 Å². The summed E-state index contributed by atoms with van der Waals surface area (Å²) in [4.78, 5) is 29.3. The SMILES string of the molecule is COc1ccc(Cc2nc3ccc(C(=O)N[C@H]4CCCCNC4=O)cc3o2)cc1OC. The number of methoxy groups -OCH3 is 2. The van der Waals surface area contributed by atoms with Crippen LogP contribution in [0, 0.1) is 0 Å². The minimum Gasteiger partial charge on any atom is -0.493 e. The normalized spacial score (nSPS) is 16.5. The van der Waals surface area contributed by atoms with Gasteiger partial charge in [-0.25, -0.2) is 4.98 Å². The van der Waals surface area contributed by atoms with E-state index in [2.05, 4.69) is 15.6 Å². The summed E-state index contributed by atoms with van der Waals surface area (Å²) in [6.45, 7) is 0.651. The third-order valence-electron chi connectivity index (χ3n) is 5.34. The van der Waals surface area contributed by atoms with E-state index in [9.17, 15) is 9.59 Å². The maximum absolute atomic E-state index is 12.7. The van der Waals surface area contributed by atoms with Gasteiger partial charge in [0, 0.05) is 18.5 Å². The summed E-state index contributed by atoms with van der Waals surface area (Å²) in [5.74, 6) is 1.38. The van der Waals surface area contributed by atoms with Gasteiger partial charge in [-0.05, 0) is 55.2 Å². The first-order valence-electron chi connectivity index (χ1n) is 10.3. The Kier molecular flexibility index (Phi) is 6.06. The Morgan fingerprint density at radius 2 is 2.00 bits per heavy atom. The molecule has 1 aromatic heterocycles. The molecule has 31 heavy (non-hydrogen) atoms. The molecule has 8 nitrogen and oxygen atoms in total. The van der Waals surface area contributed by atoms with Crippen LogP contribution < -0.4 is 20.1 Å². The fraction of sp³-hybridized carbons (Fsp3) is 0.348. The molecular formula is C23H25N3O5. The first-order chi connectivity index (χ1) is 15.1. The highest BCUT2D eigenvalue weighted by molar-refractivity contribution is 5.99. The number of nitrogens with one attached hydrogen (secondary N) is 2. The number of benzene rings is 2. The van der Waals surface area contributed by atoms with Gasteiger partial charge in [0.25, 0.3) is 5.91 Å². The second kappa shape index (κ2) is 9.07. The molecule has 1 atom stereocenters. The molecule has 1 saturated heterocycles. The Labute approximate surface area is 179 Å². The van der Waals surface area contributed by atoms with Gasteiger partial charge in [-0.1, -0.05) is 6.07 Å². The zero-order valence-corrected chi connectivity index (χ0v) is 17.6. The molecule has 8 heteroatoms. The number of fused-ring (bicyclic) bond motifs is 1. The van der Waals surface area contributed by atoms with Crippen LogP contribution in [0.5, 0.6) is 11.5 Å². The van der Waals surface area contributed by atoms with Gasteiger partial charge in [0.15, 0.2) is 23.0 Å². The molecule has 1 aliphatic heterocycles. The highest BCUT2D eigenvalue weighted by Crippen LogP contribution is 2.29. The standard InChI is InChI=1S/C23H25N3O5/c1-29-18-9-6-14(11-20(18)30-2)12-21-25-16-8-7-15(13-19(16)31-21)22(27)26-17-5-3-4-10-24-23(17)28/h6-9,11,13,17H,3-5,10,12H2,1-2H3,(H,24,28)(H,26,27)/t17-/m0/s1. The lowest BCUT2D eigenvalue weighted by molar-refractivity contribution is -0.122. The second-order valence-electron chi connectivity index (χ2n) is 7.47. The maximum atomic E-state index is 12.7. The van der Waals surface area contributed by atoms with Crippen LogP contribution in [0.15, 0.2) is 40.8 Å². The first-order valence-corrected chi connectivity index (χ1v) is 10.3. The van der Waals surface area contributed by atoms with Crippen molar-refractivity contribution in [2.24, 2.45) is 0 Å².